The molecule has 2 heterocycles. The zero-order valence-corrected chi connectivity index (χ0v) is 11.4. The van der Waals surface area contributed by atoms with Gasteiger partial charge in [0.2, 0.25) is 0 Å². The van der Waals surface area contributed by atoms with Crippen molar-refractivity contribution in [2.45, 2.75) is 37.5 Å². The van der Waals surface area contributed by atoms with E-state index in [1.165, 1.54) is 6.42 Å². The molecule has 0 radical (unpaired) electrons. The average Bonchev–Trinajstić information content (AvgIpc) is 2.97. The molecule has 2 aliphatic rings. The molecule has 0 spiro atoms. The normalized spacial score (nSPS) is 31.8. The van der Waals surface area contributed by atoms with Gasteiger partial charge in [0.05, 0.1) is 28.3 Å². The van der Waals surface area contributed by atoms with Gasteiger partial charge in [-0.15, -0.1) is 0 Å². The molecule has 2 bridgehead atoms. The van der Waals surface area contributed by atoms with Crippen molar-refractivity contribution in [1.82, 2.24) is 5.43 Å². The van der Waals surface area contributed by atoms with E-state index in [0.717, 1.165) is 18.4 Å². The van der Waals surface area contributed by atoms with E-state index in [2.05, 4.69) is 5.43 Å². The van der Waals surface area contributed by atoms with Crippen molar-refractivity contribution in [2.75, 3.05) is 0 Å². The van der Waals surface area contributed by atoms with Crippen LogP contribution in [-0.4, -0.2) is 12.2 Å². The minimum atomic E-state index is 0.0788. The third kappa shape index (κ3) is 2.15. The fourth-order valence-electron chi connectivity index (χ4n) is 3.20. The fraction of sp³-hybridized carbons (Fsp3) is 0.538. The van der Waals surface area contributed by atoms with Gasteiger partial charge in [0.1, 0.15) is 0 Å². The summed E-state index contributed by atoms with van der Waals surface area (Å²) in [5, 5.41) is 1.14. The Hall–Kier alpha value is -0.320. The van der Waals surface area contributed by atoms with Gasteiger partial charge < -0.3 is 4.74 Å². The molecule has 1 aromatic carbocycles. The van der Waals surface area contributed by atoms with E-state index in [0.29, 0.717) is 28.2 Å². The van der Waals surface area contributed by atoms with Crippen LogP contribution in [0.5, 0.6) is 0 Å². The Bertz CT molecular complexity index is 455. The van der Waals surface area contributed by atoms with Crippen LogP contribution in [0.25, 0.3) is 0 Å². The van der Waals surface area contributed by atoms with Gasteiger partial charge in [0.25, 0.3) is 0 Å². The van der Waals surface area contributed by atoms with Crippen LogP contribution in [0.4, 0.5) is 0 Å². The summed E-state index contributed by atoms with van der Waals surface area (Å²) in [6.07, 6.45) is 4.12. The number of nitrogens with two attached hydrogens (primary N) is 1. The summed E-state index contributed by atoms with van der Waals surface area (Å²) in [5.41, 5.74) is 3.99. The quantitative estimate of drug-likeness (QED) is 0.663. The zero-order valence-electron chi connectivity index (χ0n) is 9.90. The Kier molecular flexibility index (Phi) is 3.52. The summed E-state index contributed by atoms with van der Waals surface area (Å²) in [7, 11) is 0. The molecule has 0 amide bonds. The molecular formula is C13H16Cl2N2O. The lowest BCUT2D eigenvalue weighted by Gasteiger charge is -2.28. The smallest absolute Gasteiger partial charge is 0.0627 e. The van der Waals surface area contributed by atoms with Crippen LogP contribution in [0.2, 0.25) is 10.0 Å². The van der Waals surface area contributed by atoms with E-state index in [4.69, 9.17) is 33.8 Å². The van der Waals surface area contributed by atoms with Crippen LogP contribution in [0.3, 0.4) is 0 Å². The lowest BCUT2D eigenvalue weighted by atomic mass is 9.81. The second-order valence-corrected chi connectivity index (χ2v) is 5.91. The summed E-state index contributed by atoms with van der Waals surface area (Å²) in [5.74, 6) is 6.15. The van der Waals surface area contributed by atoms with Gasteiger partial charge in [0, 0.05) is 5.92 Å². The molecule has 18 heavy (non-hydrogen) atoms. The first-order valence-corrected chi connectivity index (χ1v) is 7.01. The number of benzene rings is 1. The first kappa shape index (κ1) is 12.7. The molecule has 3 rings (SSSR count). The second-order valence-electron chi connectivity index (χ2n) is 5.09. The number of fused-ring (bicyclic) bond motifs is 2. The van der Waals surface area contributed by atoms with Crippen LogP contribution in [0.15, 0.2) is 18.2 Å². The second kappa shape index (κ2) is 4.99. The van der Waals surface area contributed by atoms with Crippen LogP contribution in [0.1, 0.15) is 30.9 Å². The van der Waals surface area contributed by atoms with Crippen molar-refractivity contribution < 1.29 is 4.74 Å². The standard InChI is InChI=1S/C13H16Cl2N2O/c14-10-3-1-7(5-11(10)15)13(17-16)9-6-8-2-4-12(9)18-8/h1,3,5,8-9,12-13,17H,2,4,6,16H2. The van der Waals surface area contributed by atoms with Crippen LogP contribution < -0.4 is 11.3 Å². The van der Waals surface area contributed by atoms with Gasteiger partial charge in [-0.1, -0.05) is 29.3 Å². The van der Waals surface area contributed by atoms with Crippen molar-refractivity contribution in [1.29, 1.82) is 0 Å². The highest BCUT2D eigenvalue weighted by Crippen LogP contribution is 2.44. The number of hydrogen-bond donors (Lipinski definition) is 2. The SMILES string of the molecule is NNC(c1ccc(Cl)c(Cl)c1)C1CC2CCC1O2. The molecule has 3 nitrogen and oxygen atoms in total. The van der Waals surface area contributed by atoms with Gasteiger partial charge in [-0.25, -0.2) is 0 Å². The van der Waals surface area contributed by atoms with Crippen LogP contribution >= 0.6 is 23.2 Å². The zero-order chi connectivity index (χ0) is 12.7. The topological polar surface area (TPSA) is 47.3 Å². The molecule has 3 N–H and O–H groups in total. The van der Waals surface area contributed by atoms with Crippen molar-refractivity contribution in [2.24, 2.45) is 11.8 Å². The van der Waals surface area contributed by atoms with E-state index in [1.54, 1.807) is 0 Å². The van der Waals surface area contributed by atoms with E-state index in [1.807, 2.05) is 18.2 Å². The summed E-state index contributed by atoms with van der Waals surface area (Å²) in [4.78, 5) is 0. The number of rotatable bonds is 3. The molecule has 2 saturated heterocycles. The molecule has 4 atom stereocenters. The number of hydrogen-bond acceptors (Lipinski definition) is 3. The molecule has 0 aromatic heterocycles. The molecule has 1 aromatic rings. The first-order chi connectivity index (χ1) is 8.69. The third-order valence-electron chi connectivity index (χ3n) is 4.06. The molecule has 4 unspecified atom stereocenters. The predicted octanol–water partition coefficient (Wildman–Crippen LogP) is 3.07. The van der Waals surface area contributed by atoms with Gasteiger partial charge in [-0.3, -0.25) is 11.3 Å². The van der Waals surface area contributed by atoms with Crippen molar-refractivity contribution in [3.63, 3.8) is 0 Å². The highest BCUT2D eigenvalue weighted by molar-refractivity contribution is 6.42. The maximum atomic E-state index is 6.07. The highest BCUT2D eigenvalue weighted by Gasteiger charge is 2.44. The van der Waals surface area contributed by atoms with Crippen molar-refractivity contribution >= 4 is 23.2 Å². The lowest BCUT2D eigenvalue weighted by Crippen LogP contribution is -2.37. The molecule has 0 saturated carbocycles. The summed E-state index contributed by atoms with van der Waals surface area (Å²) >= 11 is 12.0. The van der Waals surface area contributed by atoms with Gasteiger partial charge in [-0.2, -0.15) is 0 Å². The van der Waals surface area contributed by atoms with E-state index in [9.17, 15) is 0 Å². The number of hydrazine groups is 1. The third-order valence-corrected chi connectivity index (χ3v) is 4.80. The summed E-state index contributed by atoms with van der Waals surface area (Å²) in [6, 6.07) is 5.76. The van der Waals surface area contributed by atoms with Crippen molar-refractivity contribution in [3.05, 3.63) is 33.8 Å². The average molecular weight is 287 g/mol. The predicted molar refractivity (Wildman–Crippen MR) is 72.5 cm³/mol. The number of ether oxygens (including phenoxy) is 1. The molecule has 98 valence electrons. The molecule has 2 fully saturated rings. The molecule has 0 aliphatic carbocycles. The largest absolute Gasteiger partial charge is 0.375 e. The maximum Gasteiger partial charge on any atom is 0.0627 e. The lowest BCUT2D eigenvalue weighted by molar-refractivity contribution is 0.0857. The van der Waals surface area contributed by atoms with Crippen LogP contribution in [0, 0.1) is 5.92 Å². The summed E-state index contributed by atoms with van der Waals surface area (Å²) in [6.45, 7) is 0. The molecular weight excluding hydrogens is 271 g/mol. The Morgan fingerprint density at radius 1 is 1.28 bits per heavy atom. The van der Waals surface area contributed by atoms with E-state index in [-0.39, 0.29) is 6.04 Å². The highest BCUT2D eigenvalue weighted by atomic mass is 35.5. The molecule has 5 heteroatoms. The minimum absolute atomic E-state index is 0.0788. The van der Waals surface area contributed by atoms with Crippen LogP contribution in [-0.2, 0) is 4.74 Å². The van der Waals surface area contributed by atoms with Gasteiger partial charge in [0.15, 0.2) is 0 Å². The van der Waals surface area contributed by atoms with Gasteiger partial charge >= 0.3 is 0 Å². The van der Waals surface area contributed by atoms with Gasteiger partial charge in [-0.05, 0) is 37.0 Å². The van der Waals surface area contributed by atoms with Crippen molar-refractivity contribution in [3.8, 4) is 0 Å². The Morgan fingerprint density at radius 2 is 2.11 bits per heavy atom. The Balaban J connectivity index is 1.85. The molecule has 2 aliphatic heterocycles. The summed E-state index contributed by atoms with van der Waals surface area (Å²) < 4.78 is 5.89. The fourth-order valence-corrected chi connectivity index (χ4v) is 3.51. The van der Waals surface area contributed by atoms with E-state index >= 15 is 0 Å². The number of halogens is 2. The Labute approximate surface area is 117 Å². The Morgan fingerprint density at radius 3 is 2.67 bits per heavy atom. The number of nitrogens with one attached hydrogen (secondary N) is 1. The van der Waals surface area contributed by atoms with E-state index < -0.39 is 0 Å². The monoisotopic (exact) mass is 286 g/mol. The minimum Gasteiger partial charge on any atom is -0.375 e. The maximum absolute atomic E-state index is 6.07. The first-order valence-electron chi connectivity index (χ1n) is 6.25.